The molecule has 138 valence electrons. The number of nitrogens with one attached hydrogen (secondary N) is 2. The van der Waals surface area contributed by atoms with Crippen molar-refractivity contribution in [2.45, 2.75) is 27.3 Å². The van der Waals surface area contributed by atoms with Gasteiger partial charge in [-0.15, -0.1) is 0 Å². The summed E-state index contributed by atoms with van der Waals surface area (Å²) in [4.78, 5) is 13.5. The molecule has 5 N–H and O–H groups in total. The Morgan fingerprint density at radius 2 is 1.73 bits per heavy atom. The minimum atomic E-state index is -0.295. The van der Waals surface area contributed by atoms with Gasteiger partial charge in [0.05, 0.1) is 18.8 Å². The summed E-state index contributed by atoms with van der Waals surface area (Å²) in [5, 5.41) is 14.3. The zero-order chi connectivity index (χ0) is 19.1. The molecule has 0 unspecified atom stereocenters. The van der Waals surface area contributed by atoms with Crippen LogP contribution in [0.2, 0.25) is 0 Å². The fourth-order valence-electron chi connectivity index (χ4n) is 2.62. The normalized spacial score (nSPS) is 11.6. The fraction of sp³-hybridized carbons (Fsp3) is 0.300. The molecule has 2 rings (SSSR count). The maximum absolute atomic E-state index is 12.1. The summed E-state index contributed by atoms with van der Waals surface area (Å²) < 4.78 is 0. The summed E-state index contributed by atoms with van der Waals surface area (Å²) in [7, 11) is 0. The van der Waals surface area contributed by atoms with Crippen molar-refractivity contribution >= 4 is 17.3 Å². The van der Waals surface area contributed by atoms with Gasteiger partial charge in [0.2, 0.25) is 0 Å². The summed E-state index contributed by atoms with van der Waals surface area (Å²) in [5.41, 5.74) is 11.7. The minimum Gasteiger partial charge on any atom is -0.507 e. The molecule has 0 aromatic heterocycles. The molecule has 0 spiro atoms. The van der Waals surface area contributed by atoms with E-state index in [1.807, 2.05) is 13.0 Å². The number of amides is 1. The van der Waals surface area contributed by atoms with Crippen LogP contribution >= 0.6 is 0 Å². The van der Waals surface area contributed by atoms with Crippen LogP contribution in [0.5, 0.6) is 5.75 Å². The Kier molecular flexibility index (Phi) is 6.74. The maximum atomic E-state index is 12.1. The van der Waals surface area contributed by atoms with E-state index in [0.29, 0.717) is 17.0 Å². The van der Waals surface area contributed by atoms with Crippen LogP contribution in [0.25, 0.3) is 0 Å². The van der Waals surface area contributed by atoms with Crippen molar-refractivity contribution in [3.63, 3.8) is 0 Å². The summed E-state index contributed by atoms with van der Waals surface area (Å²) in [6.45, 7) is 8.80. The van der Waals surface area contributed by atoms with Crippen LogP contribution in [0.3, 0.4) is 0 Å². The van der Waals surface area contributed by atoms with Crippen molar-refractivity contribution in [3.05, 3.63) is 59.2 Å². The third-order valence-corrected chi connectivity index (χ3v) is 4.44. The predicted octanol–water partition coefficient (Wildman–Crippen LogP) is 1.55. The molecule has 6 nitrogen and oxygen atoms in total. The number of quaternary nitrogens is 1. The Hall–Kier alpha value is -2.86. The Morgan fingerprint density at radius 1 is 1.12 bits per heavy atom. The fourth-order valence-corrected chi connectivity index (χ4v) is 2.62. The van der Waals surface area contributed by atoms with E-state index >= 15 is 0 Å². The minimum absolute atomic E-state index is 0.284. The summed E-state index contributed by atoms with van der Waals surface area (Å²) in [6, 6.07) is 12.1. The van der Waals surface area contributed by atoms with E-state index in [4.69, 9.17) is 5.73 Å². The van der Waals surface area contributed by atoms with Crippen molar-refractivity contribution < 1.29 is 14.8 Å². The number of hydrogen-bond acceptors (Lipinski definition) is 4. The molecular formula is C20H27N4O2+. The summed E-state index contributed by atoms with van der Waals surface area (Å²) in [6.07, 6.45) is 0. The molecule has 0 aliphatic heterocycles. The van der Waals surface area contributed by atoms with Gasteiger partial charge < -0.3 is 15.7 Å². The van der Waals surface area contributed by atoms with Crippen molar-refractivity contribution in [3.8, 4) is 5.75 Å². The standard InChI is InChI=1S/C20H26N4O2/c1-4-24(5-2)13-17-12-16(8-11-19(17)25)14(3)22-23-20(26)15-6-9-18(21)10-7-15/h6-12,25H,4-5,13,21H2,1-3H3,(H,23,26)/p+1/b22-14+. The lowest BCUT2D eigenvalue weighted by Crippen LogP contribution is -3.10. The van der Waals surface area contributed by atoms with Gasteiger partial charge in [-0.1, -0.05) is 0 Å². The molecule has 0 aliphatic rings. The van der Waals surface area contributed by atoms with E-state index in [-0.39, 0.29) is 11.7 Å². The van der Waals surface area contributed by atoms with Crippen LogP contribution in [0.4, 0.5) is 5.69 Å². The number of hydrazone groups is 1. The van der Waals surface area contributed by atoms with Gasteiger partial charge in [-0.05, 0) is 68.8 Å². The van der Waals surface area contributed by atoms with E-state index in [1.165, 1.54) is 4.90 Å². The van der Waals surface area contributed by atoms with Gasteiger partial charge in [0, 0.05) is 16.8 Å². The topological polar surface area (TPSA) is 92.2 Å². The van der Waals surface area contributed by atoms with Crippen LogP contribution < -0.4 is 16.1 Å². The third kappa shape index (κ3) is 5.07. The molecule has 2 aromatic carbocycles. The first-order valence-corrected chi connectivity index (χ1v) is 8.80. The highest BCUT2D eigenvalue weighted by atomic mass is 16.3. The van der Waals surface area contributed by atoms with Crippen molar-refractivity contribution in [2.75, 3.05) is 18.8 Å². The highest BCUT2D eigenvalue weighted by molar-refractivity contribution is 6.01. The molecule has 1 amide bonds. The van der Waals surface area contributed by atoms with Crippen molar-refractivity contribution in [1.29, 1.82) is 0 Å². The van der Waals surface area contributed by atoms with Gasteiger partial charge in [0.25, 0.3) is 5.91 Å². The number of aromatic hydroxyl groups is 1. The lowest BCUT2D eigenvalue weighted by Gasteiger charge is -2.16. The summed E-state index contributed by atoms with van der Waals surface area (Å²) in [5.74, 6) is -0.0113. The second kappa shape index (κ2) is 9.01. The first-order chi connectivity index (χ1) is 12.4. The second-order valence-electron chi connectivity index (χ2n) is 6.24. The Morgan fingerprint density at radius 3 is 2.35 bits per heavy atom. The number of carbonyl (C=O) groups excluding carboxylic acids is 1. The van der Waals surface area contributed by atoms with E-state index in [0.717, 1.165) is 30.8 Å². The predicted molar refractivity (Wildman–Crippen MR) is 104 cm³/mol. The highest BCUT2D eigenvalue weighted by Gasteiger charge is 2.11. The molecule has 0 saturated heterocycles. The van der Waals surface area contributed by atoms with Crippen LogP contribution in [0, 0.1) is 0 Å². The number of nitrogens with zero attached hydrogens (tertiary/aromatic N) is 1. The highest BCUT2D eigenvalue weighted by Crippen LogP contribution is 2.18. The molecule has 2 aromatic rings. The maximum Gasteiger partial charge on any atom is 0.271 e. The number of hydrogen-bond donors (Lipinski definition) is 4. The van der Waals surface area contributed by atoms with Crippen molar-refractivity contribution in [2.24, 2.45) is 5.10 Å². The molecule has 0 atom stereocenters. The van der Waals surface area contributed by atoms with Gasteiger partial charge in [0.15, 0.2) is 0 Å². The Labute approximate surface area is 154 Å². The SMILES string of the molecule is CC[NH+](CC)Cc1cc(/C(C)=N/NC(=O)c2ccc(N)cc2)ccc1O. The average Bonchev–Trinajstić information content (AvgIpc) is 2.65. The quantitative estimate of drug-likeness (QED) is 0.345. The Balaban J connectivity index is 2.12. The molecule has 0 fully saturated rings. The van der Waals surface area contributed by atoms with E-state index in [9.17, 15) is 9.90 Å². The largest absolute Gasteiger partial charge is 0.507 e. The van der Waals surface area contributed by atoms with Gasteiger partial charge in [0.1, 0.15) is 12.3 Å². The van der Waals surface area contributed by atoms with E-state index in [2.05, 4.69) is 24.4 Å². The third-order valence-electron chi connectivity index (χ3n) is 4.44. The smallest absolute Gasteiger partial charge is 0.271 e. The molecule has 0 aliphatic carbocycles. The molecule has 26 heavy (non-hydrogen) atoms. The average molecular weight is 355 g/mol. The van der Waals surface area contributed by atoms with Gasteiger partial charge >= 0.3 is 0 Å². The molecular weight excluding hydrogens is 328 g/mol. The Bertz CT molecular complexity index is 781. The first-order valence-electron chi connectivity index (χ1n) is 8.80. The van der Waals surface area contributed by atoms with Crippen LogP contribution in [-0.4, -0.2) is 29.8 Å². The van der Waals surface area contributed by atoms with Gasteiger partial charge in [-0.2, -0.15) is 5.10 Å². The number of phenols is 1. The molecule has 6 heteroatoms. The first kappa shape index (κ1) is 19.5. The van der Waals surface area contributed by atoms with Gasteiger partial charge in [-0.25, -0.2) is 5.43 Å². The zero-order valence-corrected chi connectivity index (χ0v) is 15.5. The number of nitrogens with two attached hydrogens (primary N) is 1. The van der Waals surface area contributed by atoms with Gasteiger partial charge in [-0.3, -0.25) is 4.79 Å². The number of anilines is 1. The summed E-state index contributed by atoms with van der Waals surface area (Å²) >= 11 is 0. The number of nitrogen functional groups attached to an aromatic ring is 1. The molecule has 0 saturated carbocycles. The second-order valence-corrected chi connectivity index (χ2v) is 6.24. The molecule has 0 radical (unpaired) electrons. The van der Waals surface area contributed by atoms with E-state index in [1.54, 1.807) is 36.4 Å². The molecule has 0 bridgehead atoms. The number of phenolic OH excluding ortho intramolecular Hbond substituents is 1. The molecule has 0 heterocycles. The zero-order valence-electron chi connectivity index (χ0n) is 15.5. The van der Waals surface area contributed by atoms with Crippen molar-refractivity contribution in [1.82, 2.24) is 5.43 Å². The van der Waals surface area contributed by atoms with Crippen LogP contribution in [0.1, 0.15) is 42.3 Å². The monoisotopic (exact) mass is 355 g/mol. The number of rotatable bonds is 7. The van der Waals surface area contributed by atoms with Crippen LogP contribution in [0.15, 0.2) is 47.6 Å². The lowest BCUT2D eigenvalue weighted by molar-refractivity contribution is -0.910. The number of carbonyl (C=O) groups is 1. The lowest BCUT2D eigenvalue weighted by atomic mass is 10.1. The number of benzene rings is 2. The van der Waals surface area contributed by atoms with Crippen LogP contribution in [-0.2, 0) is 6.54 Å². The van der Waals surface area contributed by atoms with E-state index < -0.39 is 0 Å².